The summed E-state index contributed by atoms with van der Waals surface area (Å²) in [6.07, 6.45) is 0. The molecule has 1 N–H and O–H groups in total. The molecule has 0 radical (unpaired) electrons. The maximum atomic E-state index is 12.8. The van der Waals surface area contributed by atoms with Crippen LogP contribution in [0.5, 0.6) is 5.75 Å². The maximum absolute atomic E-state index is 12.8. The molecule has 2 aromatic rings. The second-order valence-electron chi connectivity index (χ2n) is 8.16. The minimum absolute atomic E-state index is 0.0441. The Morgan fingerprint density at radius 1 is 1.10 bits per heavy atom. The van der Waals surface area contributed by atoms with Gasteiger partial charge in [-0.1, -0.05) is 39.0 Å². The minimum Gasteiger partial charge on any atom is -0.484 e. The van der Waals surface area contributed by atoms with Gasteiger partial charge in [0.25, 0.3) is 5.91 Å². The van der Waals surface area contributed by atoms with Crippen molar-refractivity contribution in [2.45, 2.75) is 31.1 Å². The number of rotatable bonds is 6. The first-order chi connectivity index (χ1) is 14.2. The summed E-state index contributed by atoms with van der Waals surface area (Å²) in [5, 5.41) is 2.69. The van der Waals surface area contributed by atoms with Gasteiger partial charge >= 0.3 is 0 Å². The largest absolute Gasteiger partial charge is 0.484 e. The number of carbonyl (C=O) groups excluding carboxylic acids is 1. The number of hydrogen-bond donors (Lipinski definition) is 1. The summed E-state index contributed by atoms with van der Waals surface area (Å²) < 4.78 is 37.7. The molecule has 1 amide bonds. The third kappa shape index (κ3) is 5.59. The Labute approximate surface area is 178 Å². The Morgan fingerprint density at radius 3 is 2.40 bits per heavy atom. The fourth-order valence-electron chi connectivity index (χ4n) is 3.07. The second-order valence-corrected chi connectivity index (χ2v) is 10.1. The summed E-state index contributed by atoms with van der Waals surface area (Å²) in [5.74, 6) is 0.234. The highest BCUT2D eigenvalue weighted by Gasteiger charge is 2.26. The fourth-order valence-corrected chi connectivity index (χ4v) is 4.52. The van der Waals surface area contributed by atoms with Crippen molar-refractivity contribution in [3.8, 4) is 5.75 Å². The predicted octanol–water partition coefficient (Wildman–Crippen LogP) is 3.02. The molecule has 1 saturated heterocycles. The zero-order valence-electron chi connectivity index (χ0n) is 17.6. The van der Waals surface area contributed by atoms with Crippen LogP contribution in [0.25, 0.3) is 0 Å². The van der Waals surface area contributed by atoms with Crippen LogP contribution in [0.1, 0.15) is 26.3 Å². The number of nitrogens with one attached hydrogen (secondary N) is 1. The van der Waals surface area contributed by atoms with E-state index in [1.807, 2.05) is 24.3 Å². The Kier molecular flexibility index (Phi) is 6.80. The van der Waals surface area contributed by atoms with Crippen LogP contribution < -0.4 is 10.1 Å². The van der Waals surface area contributed by atoms with Crippen molar-refractivity contribution < 1.29 is 22.7 Å². The van der Waals surface area contributed by atoms with Crippen molar-refractivity contribution in [3.63, 3.8) is 0 Å². The monoisotopic (exact) mass is 432 g/mol. The Balaban J connectivity index is 1.60. The van der Waals surface area contributed by atoms with E-state index in [4.69, 9.17) is 9.47 Å². The van der Waals surface area contributed by atoms with Crippen LogP contribution in [0.3, 0.4) is 0 Å². The molecule has 0 bridgehead atoms. The van der Waals surface area contributed by atoms with Crippen LogP contribution in [-0.4, -0.2) is 51.5 Å². The lowest BCUT2D eigenvalue weighted by molar-refractivity contribution is -0.118. The number of morpholine rings is 1. The normalized spacial score (nSPS) is 15.6. The number of anilines is 1. The average molecular weight is 433 g/mol. The van der Waals surface area contributed by atoms with E-state index in [-0.39, 0.29) is 22.8 Å². The second kappa shape index (κ2) is 9.16. The first kappa shape index (κ1) is 22.3. The van der Waals surface area contributed by atoms with Gasteiger partial charge in [0.1, 0.15) is 5.75 Å². The standard InChI is InChI=1S/C22H28N2O5S/c1-22(2,3)17-7-9-19(10-8-17)29-16-21(25)23-18-5-4-6-20(15-18)30(26,27)24-11-13-28-14-12-24/h4-10,15H,11-14,16H2,1-3H3,(H,23,25). The molecule has 0 aliphatic carbocycles. The summed E-state index contributed by atoms with van der Waals surface area (Å²) in [6.45, 7) is 7.61. The predicted molar refractivity (Wildman–Crippen MR) is 115 cm³/mol. The van der Waals surface area contributed by atoms with Gasteiger partial charge in [-0.05, 0) is 41.3 Å². The van der Waals surface area contributed by atoms with Crippen molar-refractivity contribution >= 4 is 21.6 Å². The number of hydrogen-bond acceptors (Lipinski definition) is 5. The lowest BCUT2D eigenvalue weighted by atomic mass is 9.87. The number of nitrogens with zero attached hydrogens (tertiary/aromatic N) is 1. The smallest absolute Gasteiger partial charge is 0.262 e. The molecule has 162 valence electrons. The lowest BCUT2D eigenvalue weighted by Crippen LogP contribution is -2.40. The summed E-state index contributed by atoms with van der Waals surface area (Å²) in [6, 6.07) is 13.9. The molecule has 0 saturated carbocycles. The molecule has 0 spiro atoms. The zero-order valence-corrected chi connectivity index (χ0v) is 18.4. The van der Waals surface area contributed by atoms with Crippen molar-refractivity contribution in [2.75, 3.05) is 38.2 Å². The Morgan fingerprint density at radius 2 is 1.77 bits per heavy atom. The van der Waals surface area contributed by atoms with Crippen LogP contribution >= 0.6 is 0 Å². The molecule has 1 heterocycles. The molecule has 0 aromatic heterocycles. The highest BCUT2D eigenvalue weighted by Crippen LogP contribution is 2.24. The summed E-state index contributed by atoms with van der Waals surface area (Å²) in [4.78, 5) is 12.4. The molecule has 30 heavy (non-hydrogen) atoms. The molecule has 1 fully saturated rings. The SMILES string of the molecule is CC(C)(C)c1ccc(OCC(=O)Nc2cccc(S(=O)(=O)N3CCOCC3)c2)cc1. The molecule has 7 nitrogen and oxygen atoms in total. The van der Waals surface area contributed by atoms with Crippen LogP contribution in [0, 0.1) is 0 Å². The molecule has 3 rings (SSSR count). The Hall–Kier alpha value is -2.42. The maximum Gasteiger partial charge on any atom is 0.262 e. The molecule has 1 aliphatic rings. The highest BCUT2D eigenvalue weighted by atomic mass is 32.2. The first-order valence-electron chi connectivity index (χ1n) is 9.87. The van der Waals surface area contributed by atoms with Gasteiger partial charge in [0, 0.05) is 18.8 Å². The van der Waals surface area contributed by atoms with Gasteiger partial charge < -0.3 is 14.8 Å². The molecular formula is C22H28N2O5S. The van der Waals surface area contributed by atoms with Crippen LogP contribution in [0.15, 0.2) is 53.4 Å². The summed E-state index contributed by atoms with van der Waals surface area (Å²) >= 11 is 0. The van der Waals surface area contributed by atoms with E-state index < -0.39 is 10.0 Å². The average Bonchev–Trinajstić information content (AvgIpc) is 2.73. The van der Waals surface area contributed by atoms with Gasteiger partial charge in [0.05, 0.1) is 18.1 Å². The molecular weight excluding hydrogens is 404 g/mol. The van der Waals surface area contributed by atoms with Crippen molar-refractivity contribution in [2.24, 2.45) is 0 Å². The first-order valence-corrected chi connectivity index (χ1v) is 11.3. The van der Waals surface area contributed by atoms with E-state index in [2.05, 4.69) is 26.1 Å². The van der Waals surface area contributed by atoms with Gasteiger partial charge in [-0.2, -0.15) is 4.31 Å². The minimum atomic E-state index is -3.62. The van der Waals surface area contributed by atoms with E-state index in [1.165, 1.54) is 22.0 Å². The van der Waals surface area contributed by atoms with E-state index in [0.717, 1.165) is 0 Å². The topological polar surface area (TPSA) is 84.9 Å². The quantitative estimate of drug-likeness (QED) is 0.759. The van der Waals surface area contributed by atoms with Gasteiger partial charge in [-0.3, -0.25) is 4.79 Å². The number of amides is 1. The van der Waals surface area contributed by atoms with Gasteiger partial charge in [-0.15, -0.1) is 0 Å². The molecule has 0 atom stereocenters. The van der Waals surface area contributed by atoms with Crippen LogP contribution in [0.2, 0.25) is 0 Å². The third-order valence-corrected chi connectivity index (χ3v) is 6.71. The molecule has 2 aromatic carbocycles. The van der Waals surface area contributed by atoms with E-state index >= 15 is 0 Å². The lowest BCUT2D eigenvalue weighted by Gasteiger charge is -2.26. The van der Waals surface area contributed by atoms with Gasteiger partial charge in [-0.25, -0.2) is 8.42 Å². The zero-order chi connectivity index (χ0) is 21.8. The summed E-state index contributed by atoms with van der Waals surface area (Å²) in [5.41, 5.74) is 1.63. The number of benzene rings is 2. The third-order valence-electron chi connectivity index (χ3n) is 4.82. The fraction of sp³-hybridized carbons (Fsp3) is 0.409. The number of carbonyl (C=O) groups is 1. The van der Waals surface area contributed by atoms with Crippen molar-refractivity contribution in [1.29, 1.82) is 0 Å². The van der Waals surface area contributed by atoms with Gasteiger partial charge in [0.15, 0.2) is 6.61 Å². The number of sulfonamides is 1. The van der Waals surface area contributed by atoms with E-state index in [1.54, 1.807) is 12.1 Å². The molecule has 8 heteroatoms. The van der Waals surface area contributed by atoms with Crippen molar-refractivity contribution in [3.05, 3.63) is 54.1 Å². The number of ether oxygens (including phenoxy) is 2. The van der Waals surface area contributed by atoms with Crippen molar-refractivity contribution in [1.82, 2.24) is 4.31 Å². The van der Waals surface area contributed by atoms with Gasteiger partial charge in [0.2, 0.25) is 10.0 Å². The van der Waals surface area contributed by atoms with Crippen LogP contribution in [-0.2, 0) is 25.0 Å². The highest BCUT2D eigenvalue weighted by molar-refractivity contribution is 7.89. The van der Waals surface area contributed by atoms with E-state index in [9.17, 15) is 13.2 Å². The molecule has 1 aliphatic heterocycles. The summed E-state index contributed by atoms with van der Waals surface area (Å²) in [7, 11) is -3.62. The van der Waals surface area contributed by atoms with Crippen LogP contribution in [0.4, 0.5) is 5.69 Å². The molecule has 0 unspecified atom stereocenters. The Bertz CT molecular complexity index is 975. The van der Waals surface area contributed by atoms with E-state index in [0.29, 0.717) is 37.7 Å².